The van der Waals surface area contributed by atoms with Crippen molar-refractivity contribution >= 4 is 23.1 Å². The first-order chi connectivity index (χ1) is 14.8. The number of ether oxygens (including phenoxy) is 1. The number of carbonyl (C=O) groups is 1. The fourth-order valence-electron chi connectivity index (χ4n) is 4.22. The van der Waals surface area contributed by atoms with Crippen molar-refractivity contribution in [2.45, 2.75) is 58.1 Å². The van der Waals surface area contributed by atoms with Crippen molar-refractivity contribution < 1.29 is 19.5 Å². The lowest BCUT2D eigenvalue weighted by Crippen LogP contribution is -2.51. The molecule has 0 bridgehead atoms. The number of rotatable bonds is 5. The molecule has 2 aliphatic rings. The van der Waals surface area contributed by atoms with E-state index < -0.39 is 6.09 Å². The van der Waals surface area contributed by atoms with Crippen LogP contribution in [0.15, 0.2) is 40.9 Å². The minimum absolute atomic E-state index is 0.0252. The number of thiazole rings is 1. The lowest BCUT2D eigenvalue weighted by atomic mass is 9.77. The highest BCUT2D eigenvalue weighted by atomic mass is 32.1. The summed E-state index contributed by atoms with van der Waals surface area (Å²) >= 11 is 1.63. The molecular formula is C23H29N3O4S. The van der Waals surface area contributed by atoms with Crippen LogP contribution in [0, 0.1) is 5.41 Å². The molecule has 0 spiro atoms. The van der Waals surface area contributed by atoms with Crippen LogP contribution in [0.25, 0.3) is 0 Å². The summed E-state index contributed by atoms with van der Waals surface area (Å²) in [5.41, 5.74) is 1.58. The summed E-state index contributed by atoms with van der Waals surface area (Å²) in [4.78, 5) is 23.7. The van der Waals surface area contributed by atoms with Crippen LogP contribution in [-0.2, 0) is 4.84 Å². The van der Waals surface area contributed by atoms with E-state index in [4.69, 9.17) is 14.6 Å². The van der Waals surface area contributed by atoms with Crippen LogP contribution >= 0.6 is 11.3 Å². The molecule has 1 N–H and O–H groups in total. The van der Waals surface area contributed by atoms with Gasteiger partial charge in [0.2, 0.25) is 0 Å². The predicted octanol–water partition coefficient (Wildman–Crippen LogP) is 4.99. The highest BCUT2D eigenvalue weighted by Gasteiger charge is 2.40. The van der Waals surface area contributed by atoms with Crippen molar-refractivity contribution in [2.75, 3.05) is 13.2 Å². The Bertz CT molecular complexity index is 938. The Labute approximate surface area is 186 Å². The van der Waals surface area contributed by atoms with Crippen molar-refractivity contribution in [2.24, 2.45) is 10.6 Å². The van der Waals surface area contributed by atoms with Crippen LogP contribution in [-0.4, -0.2) is 52.1 Å². The van der Waals surface area contributed by atoms with Gasteiger partial charge in [-0.1, -0.05) is 44.1 Å². The molecule has 7 nitrogen and oxygen atoms in total. The number of carboxylic acid groups (broad SMARTS) is 1. The fraction of sp³-hybridized carbons (Fsp3) is 0.522. The molecule has 3 heterocycles. The van der Waals surface area contributed by atoms with Crippen LogP contribution in [0.2, 0.25) is 0 Å². The molecule has 8 heteroatoms. The molecular weight excluding hydrogens is 414 g/mol. The number of nitrogens with zero attached hydrogens (tertiary/aromatic N) is 3. The van der Waals surface area contributed by atoms with Gasteiger partial charge in [-0.15, -0.1) is 11.3 Å². The summed E-state index contributed by atoms with van der Waals surface area (Å²) in [6.07, 6.45) is 1.29. The van der Waals surface area contributed by atoms with Crippen molar-refractivity contribution in [3.05, 3.63) is 46.4 Å². The second-order valence-electron chi connectivity index (χ2n) is 9.24. The van der Waals surface area contributed by atoms with Crippen molar-refractivity contribution in [3.8, 4) is 5.75 Å². The van der Waals surface area contributed by atoms with Gasteiger partial charge in [0.15, 0.2) is 6.10 Å². The molecule has 0 saturated carbocycles. The third-order valence-corrected chi connectivity index (χ3v) is 6.93. The Kier molecular flexibility index (Phi) is 6.18. The van der Waals surface area contributed by atoms with Crippen LogP contribution < -0.4 is 4.74 Å². The standard InChI is InChI=1S/C23H29N3O4S/c1-23(2,3)20-11-15(9-10-26(20)22(27)28)21-24-19(14-31-21)18-12-17(30-25-18)13-29-16-7-5-4-6-8-16/h4-8,14-15,17,20H,9-13H2,1-3H3,(H,27,28). The molecule has 0 radical (unpaired) electrons. The van der Waals surface area contributed by atoms with Gasteiger partial charge in [0.25, 0.3) is 0 Å². The number of likely N-dealkylation sites (tertiary alicyclic amines) is 1. The van der Waals surface area contributed by atoms with E-state index in [9.17, 15) is 9.90 Å². The Morgan fingerprint density at radius 2 is 2.10 bits per heavy atom. The molecule has 2 aliphatic heterocycles. The molecule has 1 fully saturated rings. The Balaban J connectivity index is 1.37. The molecule has 0 aliphatic carbocycles. The van der Waals surface area contributed by atoms with E-state index in [1.165, 1.54) is 0 Å². The molecule has 4 rings (SSSR count). The van der Waals surface area contributed by atoms with Gasteiger partial charge < -0.3 is 19.6 Å². The Morgan fingerprint density at radius 3 is 2.81 bits per heavy atom. The maximum absolute atomic E-state index is 11.7. The second-order valence-corrected chi connectivity index (χ2v) is 10.1. The molecule has 3 atom stereocenters. The number of amides is 1. The van der Waals surface area contributed by atoms with E-state index in [0.717, 1.165) is 35.0 Å². The maximum atomic E-state index is 11.7. The van der Waals surface area contributed by atoms with Gasteiger partial charge in [-0.25, -0.2) is 9.78 Å². The summed E-state index contributed by atoms with van der Waals surface area (Å²) in [7, 11) is 0. The van der Waals surface area contributed by atoms with Crippen LogP contribution in [0.3, 0.4) is 0 Å². The molecule has 2 aromatic rings. The number of aromatic nitrogens is 1. The summed E-state index contributed by atoms with van der Waals surface area (Å²) in [5, 5.41) is 16.9. The lowest BCUT2D eigenvalue weighted by Gasteiger charge is -2.44. The van der Waals surface area contributed by atoms with Crippen molar-refractivity contribution in [3.63, 3.8) is 0 Å². The number of piperidine rings is 1. The SMILES string of the molecule is CC(C)(C)C1CC(c2nc(C3=NOC(COc4ccccc4)C3)cs2)CCN1C(=O)O. The first-order valence-corrected chi connectivity index (χ1v) is 11.5. The quantitative estimate of drug-likeness (QED) is 0.704. The third kappa shape index (κ3) is 5.01. The van der Waals surface area contributed by atoms with E-state index in [-0.39, 0.29) is 23.5 Å². The minimum atomic E-state index is -0.834. The van der Waals surface area contributed by atoms with E-state index in [1.54, 1.807) is 16.2 Å². The fourth-order valence-corrected chi connectivity index (χ4v) is 5.20. The van der Waals surface area contributed by atoms with Crippen LogP contribution in [0.4, 0.5) is 4.79 Å². The third-order valence-electron chi connectivity index (χ3n) is 5.93. The Morgan fingerprint density at radius 1 is 1.32 bits per heavy atom. The zero-order chi connectivity index (χ0) is 22.0. The number of para-hydroxylation sites is 1. The normalized spacial score (nSPS) is 23.9. The first-order valence-electron chi connectivity index (χ1n) is 10.7. The van der Waals surface area contributed by atoms with Gasteiger partial charge in [0, 0.05) is 30.3 Å². The minimum Gasteiger partial charge on any atom is -0.490 e. The van der Waals surface area contributed by atoms with Gasteiger partial charge in [0.1, 0.15) is 18.1 Å². The summed E-state index contributed by atoms with van der Waals surface area (Å²) in [5.74, 6) is 1.08. The first kappa shape index (κ1) is 21.6. The lowest BCUT2D eigenvalue weighted by molar-refractivity contribution is 0.0471. The molecule has 1 amide bonds. The summed E-state index contributed by atoms with van der Waals surface area (Å²) in [6.45, 7) is 7.29. The molecule has 1 aromatic heterocycles. The number of oxime groups is 1. The monoisotopic (exact) mass is 443 g/mol. The number of hydrogen-bond acceptors (Lipinski definition) is 6. The van der Waals surface area contributed by atoms with E-state index in [0.29, 0.717) is 19.6 Å². The molecule has 31 heavy (non-hydrogen) atoms. The van der Waals surface area contributed by atoms with Gasteiger partial charge in [-0.3, -0.25) is 0 Å². The largest absolute Gasteiger partial charge is 0.490 e. The molecule has 1 aromatic carbocycles. The Hall–Kier alpha value is -2.61. The van der Waals surface area contributed by atoms with E-state index >= 15 is 0 Å². The van der Waals surface area contributed by atoms with E-state index in [1.807, 2.05) is 35.7 Å². The average Bonchev–Trinajstić information content (AvgIpc) is 3.41. The maximum Gasteiger partial charge on any atom is 0.407 e. The van der Waals surface area contributed by atoms with Gasteiger partial charge in [-0.2, -0.15) is 0 Å². The van der Waals surface area contributed by atoms with Gasteiger partial charge in [-0.05, 0) is 30.4 Å². The van der Waals surface area contributed by atoms with Crippen molar-refractivity contribution in [1.29, 1.82) is 0 Å². The van der Waals surface area contributed by atoms with Crippen LogP contribution in [0.5, 0.6) is 5.75 Å². The van der Waals surface area contributed by atoms with Crippen molar-refractivity contribution in [1.82, 2.24) is 9.88 Å². The van der Waals surface area contributed by atoms with Crippen LogP contribution in [0.1, 0.15) is 56.7 Å². The topological polar surface area (TPSA) is 84.3 Å². The molecule has 1 saturated heterocycles. The highest BCUT2D eigenvalue weighted by Crippen LogP contribution is 2.40. The summed E-state index contributed by atoms with van der Waals surface area (Å²) < 4.78 is 5.78. The zero-order valence-corrected chi connectivity index (χ0v) is 19.0. The highest BCUT2D eigenvalue weighted by molar-refractivity contribution is 7.10. The van der Waals surface area contributed by atoms with E-state index in [2.05, 4.69) is 25.9 Å². The second kappa shape index (κ2) is 8.86. The van der Waals surface area contributed by atoms with Gasteiger partial charge >= 0.3 is 6.09 Å². The number of hydrogen-bond donors (Lipinski definition) is 1. The smallest absolute Gasteiger partial charge is 0.407 e. The average molecular weight is 444 g/mol. The zero-order valence-electron chi connectivity index (χ0n) is 18.2. The summed E-state index contributed by atoms with van der Waals surface area (Å²) in [6, 6.07) is 9.65. The molecule has 3 unspecified atom stereocenters. The predicted molar refractivity (Wildman–Crippen MR) is 120 cm³/mol. The molecule has 166 valence electrons. The number of benzene rings is 1. The van der Waals surface area contributed by atoms with Gasteiger partial charge in [0.05, 0.1) is 10.7 Å².